The Labute approximate surface area is 82.8 Å². The van der Waals surface area contributed by atoms with Crippen LogP contribution in [0.15, 0.2) is 30.3 Å². The number of carbonyl (C=O) groups is 1. The second kappa shape index (κ2) is 5.36. The van der Waals surface area contributed by atoms with Crippen molar-refractivity contribution < 1.29 is 9.53 Å². The molecule has 0 aliphatic rings. The summed E-state index contributed by atoms with van der Waals surface area (Å²) in [7, 11) is 0. The Balaban J connectivity index is 2.59. The van der Waals surface area contributed by atoms with Gasteiger partial charge < -0.3 is 16.2 Å². The zero-order valence-electron chi connectivity index (χ0n) is 7.85. The van der Waals surface area contributed by atoms with E-state index >= 15 is 0 Å². The lowest BCUT2D eigenvalue weighted by Gasteiger charge is -2.13. The van der Waals surface area contributed by atoms with Gasteiger partial charge in [-0.1, -0.05) is 18.2 Å². The smallest absolute Gasteiger partial charge is 0.338 e. The predicted molar refractivity (Wildman–Crippen MR) is 53.8 cm³/mol. The number of rotatable bonds is 4. The van der Waals surface area contributed by atoms with Crippen LogP contribution in [-0.4, -0.2) is 25.2 Å². The first-order valence-corrected chi connectivity index (χ1v) is 4.44. The van der Waals surface area contributed by atoms with Gasteiger partial charge in [0.05, 0.1) is 5.56 Å². The molecule has 4 heteroatoms. The molecule has 0 spiro atoms. The van der Waals surface area contributed by atoms with E-state index in [9.17, 15) is 4.79 Å². The van der Waals surface area contributed by atoms with Crippen molar-refractivity contribution in [3.63, 3.8) is 0 Å². The van der Waals surface area contributed by atoms with Gasteiger partial charge in [0.25, 0.3) is 0 Å². The van der Waals surface area contributed by atoms with Gasteiger partial charge in [0.15, 0.2) is 0 Å². The van der Waals surface area contributed by atoms with E-state index in [2.05, 4.69) is 0 Å². The molecule has 0 unspecified atom stereocenters. The lowest BCUT2D eigenvalue weighted by molar-refractivity contribution is 0.0338. The SMILES string of the molecule is NCC(CN)OC(=O)c1ccccc1. The van der Waals surface area contributed by atoms with Gasteiger partial charge in [-0.3, -0.25) is 0 Å². The molecule has 0 saturated carbocycles. The molecule has 4 N–H and O–H groups in total. The Kier molecular flexibility index (Phi) is 4.10. The molecule has 14 heavy (non-hydrogen) atoms. The average Bonchev–Trinajstić information content (AvgIpc) is 2.26. The summed E-state index contributed by atoms with van der Waals surface area (Å²) in [5.41, 5.74) is 11.2. The van der Waals surface area contributed by atoms with E-state index in [0.29, 0.717) is 5.56 Å². The van der Waals surface area contributed by atoms with Crippen molar-refractivity contribution in [2.24, 2.45) is 11.5 Å². The van der Waals surface area contributed by atoms with Crippen molar-refractivity contribution in [3.8, 4) is 0 Å². The molecule has 76 valence electrons. The van der Waals surface area contributed by atoms with Crippen LogP contribution in [0.1, 0.15) is 10.4 Å². The van der Waals surface area contributed by atoms with Gasteiger partial charge in [-0.2, -0.15) is 0 Å². The number of benzene rings is 1. The molecular weight excluding hydrogens is 180 g/mol. The second-order valence-electron chi connectivity index (χ2n) is 2.86. The molecule has 1 aromatic carbocycles. The van der Waals surface area contributed by atoms with Crippen molar-refractivity contribution in [1.82, 2.24) is 0 Å². The first-order valence-electron chi connectivity index (χ1n) is 4.44. The zero-order chi connectivity index (χ0) is 10.4. The largest absolute Gasteiger partial charge is 0.456 e. The summed E-state index contributed by atoms with van der Waals surface area (Å²) in [6, 6.07) is 8.76. The second-order valence-corrected chi connectivity index (χ2v) is 2.86. The van der Waals surface area contributed by atoms with Crippen molar-refractivity contribution in [2.75, 3.05) is 13.1 Å². The third-order valence-electron chi connectivity index (χ3n) is 1.81. The number of nitrogens with two attached hydrogens (primary N) is 2. The maximum atomic E-state index is 11.4. The number of esters is 1. The van der Waals surface area contributed by atoms with Crippen LogP contribution in [0.5, 0.6) is 0 Å². The fourth-order valence-electron chi connectivity index (χ4n) is 0.986. The first-order chi connectivity index (χ1) is 6.77. The van der Waals surface area contributed by atoms with Gasteiger partial charge in [-0.05, 0) is 12.1 Å². The summed E-state index contributed by atoms with van der Waals surface area (Å²) in [4.78, 5) is 11.4. The third-order valence-corrected chi connectivity index (χ3v) is 1.81. The maximum Gasteiger partial charge on any atom is 0.338 e. The topological polar surface area (TPSA) is 78.3 Å². The van der Waals surface area contributed by atoms with Gasteiger partial charge in [0, 0.05) is 13.1 Å². The van der Waals surface area contributed by atoms with Crippen LogP contribution in [-0.2, 0) is 4.74 Å². The average molecular weight is 194 g/mol. The lowest BCUT2D eigenvalue weighted by Crippen LogP contribution is -2.33. The van der Waals surface area contributed by atoms with Crippen LogP contribution in [0, 0.1) is 0 Å². The van der Waals surface area contributed by atoms with E-state index in [1.807, 2.05) is 6.07 Å². The van der Waals surface area contributed by atoms with Crippen LogP contribution in [0.3, 0.4) is 0 Å². The Hall–Kier alpha value is -1.39. The highest BCUT2D eigenvalue weighted by molar-refractivity contribution is 5.89. The molecule has 4 nitrogen and oxygen atoms in total. The Morgan fingerprint density at radius 3 is 2.29 bits per heavy atom. The van der Waals surface area contributed by atoms with Gasteiger partial charge in [0.2, 0.25) is 0 Å². The van der Waals surface area contributed by atoms with Crippen molar-refractivity contribution in [1.29, 1.82) is 0 Å². The number of hydrogen-bond acceptors (Lipinski definition) is 4. The van der Waals surface area contributed by atoms with Crippen molar-refractivity contribution in [2.45, 2.75) is 6.10 Å². The highest BCUT2D eigenvalue weighted by Gasteiger charge is 2.12. The number of ether oxygens (including phenoxy) is 1. The minimum absolute atomic E-state index is 0.245. The Bertz CT molecular complexity index is 283. The van der Waals surface area contributed by atoms with E-state index in [4.69, 9.17) is 16.2 Å². The van der Waals surface area contributed by atoms with Crippen LogP contribution >= 0.6 is 0 Å². The van der Waals surface area contributed by atoms with Gasteiger partial charge in [-0.15, -0.1) is 0 Å². The third kappa shape index (κ3) is 2.83. The molecule has 0 atom stereocenters. The first kappa shape index (κ1) is 10.7. The number of hydrogen-bond donors (Lipinski definition) is 2. The van der Waals surface area contributed by atoms with E-state index in [1.54, 1.807) is 24.3 Å². The standard InChI is InChI=1S/C10H14N2O2/c11-6-9(7-12)14-10(13)8-4-2-1-3-5-8/h1-5,9H,6-7,11-12H2. The summed E-state index contributed by atoms with van der Waals surface area (Å²) in [5, 5.41) is 0. The molecule has 0 radical (unpaired) electrons. The fraction of sp³-hybridized carbons (Fsp3) is 0.300. The molecule has 0 bridgehead atoms. The summed E-state index contributed by atoms with van der Waals surface area (Å²) in [6.45, 7) is 0.490. The molecule has 0 fully saturated rings. The minimum atomic E-state index is -0.400. The summed E-state index contributed by atoms with van der Waals surface area (Å²) >= 11 is 0. The molecule has 0 aliphatic heterocycles. The highest BCUT2D eigenvalue weighted by Crippen LogP contribution is 2.02. The molecule has 1 aromatic rings. The van der Waals surface area contributed by atoms with Crippen LogP contribution < -0.4 is 11.5 Å². The molecule has 0 aromatic heterocycles. The lowest BCUT2D eigenvalue weighted by atomic mass is 10.2. The zero-order valence-corrected chi connectivity index (χ0v) is 7.85. The molecule has 0 saturated heterocycles. The maximum absolute atomic E-state index is 11.4. The summed E-state index contributed by atoms with van der Waals surface area (Å²) < 4.78 is 5.05. The molecule has 1 rings (SSSR count). The molecular formula is C10H14N2O2. The molecule has 0 heterocycles. The van der Waals surface area contributed by atoms with Crippen LogP contribution in [0.25, 0.3) is 0 Å². The van der Waals surface area contributed by atoms with Gasteiger partial charge >= 0.3 is 5.97 Å². The van der Waals surface area contributed by atoms with E-state index in [0.717, 1.165) is 0 Å². The van der Waals surface area contributed by atoms with E-state index in [1.165, 1.54) is 0 Å². The van der Waals surface area contributed by atoms with Crippen LogP contribution in [0.2, 0.25) is 0 Å². The molecule has 0 aliphatic carbocycles. The highest BCUT2D eigenvalue weighted by atomic mass is 16.5. The Morgan fingerprint density at radius 1 is 1.21 bits per heavy atom. The van der Waals surface area contributed by atoms with Gasteiger partial charge in [0.1, 0.15) is 6.10 Å². The van der Waals surface area contributed by atoms with Crippen molar-refractivity contribution in [3.05, 3.63) is 35.9 Å². The quantitative estimate of drug-likeness (QED) is 0.668. The van der Waals surface area contributed by atoms with Crippen molar-refractivity contribution >= 4 is 5.97 Å². The fourth-order valence-corrected chi connectivity index (χ4v) is 0.986. The summed E-state index contributed by atoms with van der Waals surface area (Å²) in [5.74, 6) is -0.383. The van der Waals surface area contributed by atoms with Crippen LogP contribution in [0.4, 0.5) is 0 Å². The molecule has 0 amide bonds. The monoisotopic (exact) mass is 194 g/mol. The number of carbonyl (C=O) groups excluding carboxylic acids is 1. The van der Waals surface area contributed by atoms with E-state index < -0.39 is 6.10 Å². The normalized spacial score (nSPS) is 10.2. The predicted octanol–water partition coefficient (Wildman–Crippen LogP) is 0.129. The Morgan fingerprint density at radius 2 is 1.79 bits per heavy atom. The van der Waals surface area contributed by atoms with Gasteiger partial charge in [-0.25, -0.2) is 4.79 Å². The van der Waals surface area contributed by atoms with E-state index in [-0.39, 0.29) is 19.1 Å². The summed E-state index contributed by atoms with van der Waals surface area (Å²) in [6.07, 6.45) is -0.400. The minimum Gasteiger partial charge on any atom is -0.456 e.